The van der Waals surface area contributed by atoms with E-state index in [2.05, 4.69) is 35.1 Å². The molecule has 0 amide bonds. The minimum absolute atomic E-state index is 0.553. The number of nitrogens with zero attached hydrogens (tertiary/aromatic N) is 2. The number of fused-ring (bicyclic) bond motifs is 1. The maximum absolute atomic E-state index is 6.28. The smallest absolute Gasteiger partial charge is 0.0950 e. The first-order chi connectivity index (χ1) is 10.1. The topological polar surface area (TPSA) is 28.2 Å². The molecule has 0 radical (unpaired) electrons. The number of halogens is 1. The van der Waals surface area contributed by atoms with Crippen molar-refractivity contribution in [3.8, 4) is 0 Å². The van der Waals surface area contributed by atoms with E-state index in [1.54, 1.807) is 0 Å². The lowest BCUT2D eigenvalue weighted by molar-refractivity contribution is 0.480. The van der Waals surface area contributed by atoms with Gasteiger partial charge in [-0.2, -0.15) is 0 Å². The van der Waals surface area contributed by atoms with Gasteiger partial charge in [0.15, 0.2) is 0 Å². The van der Waals surface area contributed by atoms with Gasteiger partial charge in [-0.1, -0.05) is 25.4 Å². The van der Waals surface area contributed by atoms with Gasteiger partial charge in [-0.15, -0.1) is 0 Å². The summed E-state index contributed by atoms with van der Waals surface area (Å²) in [5, 5.41) is 5.36. The largest absolute Gasteiger partial charge is 0.369 e. The minimum atomic E-state index is 0.553. The summed E-state index contributed by atoms with van der Waals surface area (Å²) >= 11 is 6.28. The van der Waals surface area contributed by atoms with Gasteiger partial charge in [0.25, 0.3) is 0 Å². The van der Waals surface area contributed by atoms with Gasteiger partial charge in [0.1, 0.15) is 0 Å². The average molecular weight is 304 g/mol. The molecule has 3 rings (SSSR count). The van der Waals surface area contributed by atoms with E-state index in [1.807, 2.05) is 24.4 Å². The molecule has 0 saturated carbocycles. The molecule has 1 atom stereocenters. The van der Waals surface area contributed by atoms with Crippen LogP contribution in [0.15, 0.2) is 30.5 Å². The van der Waals surface area contributed by atoms with Gasteiger partial charge in [-0.05, 0) is 43.1 Å². The standard InChI is InChI=1S/C17H22ClN3/c1-12(2)20-10-13-7-9-21(11-13)16-6-5-15(18)14-4-3-8-19-17(14)16/h3-6,8,12-13,20H,7,9-11H2,1-2H3. The number of nitrogens with one attached hydrogen (secondary N) is 1. The Bertz CT molecular complexity index is 626. The molecule has 112 valence electrons. The van der Waals surface area contributed by atoms with Crippen LogP contribution in [0, 0.1) is 5.92 Å². The Morgan fingerprint density at radius 2 is 2.24 bits per heavy atom. The number of benzene rings is 1. The Morgan fingerprint density at radius 3 is 3.05 bits per heavy atom. The summed E-state index contributed by atoms with van der Waals surface area (Å²) in [7, 11) is 0. The Hall–Kier alpha value is -1.32. The molecule has 0 bridgehead atoms. The van der Waals surface area contributed by atoms with Crippen molar-refractivity contribution in [1.82, 2.24) is 10.3 Å². The lowest BCUT2D eigenvalue weighted by Crippen LogP contribution is -2.30. The number of hydrogen-bond donors (Lipinski definition) is 1. The molecule has 1 unspecified atom stereocenters. The lowest BCUT2D eigenvalue weighted by Gasteiger charge is -2.21. The van der Waals surface area contributed by atoms with E-state index in [0.717, 1.165) is 35.6 Å². The summed E-state index contributed by atoms with van der Waals surface area (Å²) in [6.45, 7) is 7.67. The van der Waals surface area contributed by atoms with Crippen molar-refractivity contribution in [2.24, 2.45) is 5.92 Å². The van der Waals surface area contributed by atoms with Crippen molar-refractivity contribution < 1.29 is 0 Å². The Balaban J connectivity index is 1.81. The first-order valence-electron chi connectivity index (χ1n) is 7.66. The summed E-state index contributed by atoms with van der Waals surface area (Å²) in [6.07, 6.45) is 3.08. The van der Waals surface area contributed by atoms with E-state index in [0.29, 0.717) is 12.0 Å². The summed E-state index contributed by atoms with van der Waals surface area (Å²) in [4.78, 5) is 6.99. The second-order valence-electron chi connectivity index (χ2n) is 6.13. The summed E-state index contributed by atoms with van der Waals surface area (Å²) in [6, 6.07) is 8.63. The molecule has 1 N–H and O–H groups in total. The second kappa shape index (κ2) is 6.20. The highest BCUT2D eigenvalue weighted by Crippen LogP contribution is 2.33. The van der Waals surface area contributed by atoms with E-state index in [-0.39, 0.29) is 0 Å². The molecule has 21 heavy (non-hydrogen) atoms. The highest BCUT2D eigenvalue weighted by Gasteiger charge is 2.24. The van der Waals surface area contributed by atoms with Gasteiger partial charge in [0.05, 0.1) is 16.2 Å². The van der Waals surface area contributed by atoms with Gasteiger partial charge >= 0.3 is 0 Å². The van der Waals surface area contributed by atoms with Crippen LogP contribution in [0.4, 0.5) is 5.69 Å². The SMILES string of the molecule is CC(C)NCC1CCN(c2ccc(Cl)c3cccnc23)C1. The summed E-state index contributed by atoms with van der Waals surface area (Å²) in [5.41, 5.74) is 2.23. The summed E-state index contributed by atoms with van der Waals surface area (Å²) < 4.78 is 0. The van der Waals surface area contributed by atoms with Crippen molar-refractivity contribution in [1.29, 1.82) is 0 Å². The van der Waals surface area contributed by atoms with Crippen LogP contribution in [0.2, 0.25) is 5.02 Å². The van der Waals surface area contributed by atoms with Crippen molar-refractivity contribution in [2.45, 2.75) is 26.3 Å². The number of rotatable bonds is 4. The fourth-order valence-electron chi connectivity index (χ4n) is 3.00. The van der Waals surface area contributed by atoms with Gasteiger partial charge in [0.2, 0.25) is 0 Å². The van der Waals surface area contributed by atoms with E-state index >= 15 is 0 Å². The minimum Gasteiger partial charge on any atom is -0.369 e. The Kier molecular flexibility index (Phi) is 4.32. The molecule has 2 aromatic rings. The predicted molar refractivity (Wildman–Crippen MR) is 90.2 cm³/mol. The molecule has 3 nitrogen and oxygen atoms in total. The van der Waals surface area contributed by atoms with Crippen molar-refractivity contribution in [3.63, 3.8) is 0 Å². The van der Waals surface area contributed by atoms with E-state index < -0.39 is 0 Å². The first kappa shape index (κ1) is 14.6. The van der Waals surface area contributed by atoms with E-state index in [1.165, 1.54) is 12.1 Å². The van der Waals surface area contributed by atoms with Crippen LogP contribution in [0.3, 0.4) is 0 Å². The molecule has 0 aliphatic carbocycles. The fraction of sp³-hybridized carbons (Fsp3) is 0.471. The molecular formula is C17H22ClN3. The van der Waals surface area contributed by atoms with Crippen LogP contribution < -0.4 is 10.2 Å². The molecule has 0 spiro atoms. The molecular weight excluding hydrogens is 282 g/mol. The third-order valence-corrected chi connectivity index (χ3v) is 4.47. The average Bonchev–Trinajstić information content (AvgIpc) is 2.94. The maximum Gasteiger partial charge on any atom is 0.0950 e. The molecule has 4 heteroatoms. The van der Waals surface area contributed by atoms with Crippen LogP contribution in [0.1, 0.15) is 20.3 Å². The van der Waals surface area contributed by atoms with Crippen LogP contribution in [0.5, 0.6) is 0 Å². The molecule has 2 heterocycles. The third kappa shape index (κ3) is 3.14. The summed E-state index contributed by atoms with van der Waals surface area (Å²) in [5.74, 6) is 0.710. The first-order valence-corrected chi connectivity index (χ1v) is 8.04. The highest BCUT2D eigenvalue weighted by molar-refractivity contribution is 6.35. The second-order valence-corrected chi connectivity index (χ2v) is 6.54. The number of anilines is 1. The van der Waals surface area contributed by atoms with E-state index in [9.17, 15) is 0 Å². The Labute approximate surface area is 131 Å². The molecule has 1 fully saturated rings. The predicted octanol–water partition coefficient (Wildman–Crippen LogP) is 3.71. The zero-order valence-corrected chi connectivity index (χ0v) is 13.4. The number of pyridine rings is 1. The van der Waals surface area contributed by atoms with Crippen LogP contribution in [0.25, 0.3) is 10.9 Å². The normalized spacial score (nSPS) is 18.9. The van der Waals surface area contributed by atoms with Gasteiger partial charge in [-0.3, -0.25) is 4.98 Å². The van der Waals surface area contributed by atoms with Crippen LogP contribution >= 0.6 is 11.6 Å². The number of hydrogen-bond acceptors (Lipinski definition) is 3. The quantitative estimate of drug-likeness (QED) is 0.933. The highest BCUT2D eigenvalue weighted by atomic mass is 35.5. The van der Waals surface area contributed by atoms with Crippen LogP contribution in [-0.4, -0.2) is 30.7 Å². The lowest BCUT2D eigenvalue weighted by atomic mass is 10.1. The van der Waals surface area contributed by atoms with Crippen molar-refractivity contribution >= 4 is 28.2 Å². The molecule has 1 saturated heterocycles. The zero-order valence-electron chi connectivity index (χ0n) is 12.6. The molecule has 1 aromatic heterocycles. The maximum atomic E-state index is 6.28. The van der Waals surface area contributed by atoms with Crippen molar-refractivity contribution in [2.75, 3.05) is 24.5 Å². The monoisotopic (exact) mass is 303 g/mol. The third-order valence-electron chi connectivity index (χ3n) is 4.14. The molecule has 1 aromatic carbocycles. The van der Waals surface area contributed by atoms with Crippen LogP contribution in [-0.2, 0) is 0 Å². The van der Waals surface area contributed by atoms with Gasteiger partial charge in [0, 0.05) is 30.7 Å². The Morgan fingerprint density at radius 1 is 1.38 bits per heavy atom. The van der Waals surface area contributed by atoms with Gasteiger partial charge < -0.3 is 10.2 Å². The number of aromatic nitrogens is 1. The molecule has 1 aliphatic rings. The fourth-order valence-corrected chi connectivity index (χ4v) is 3.21. The van der Waals surface area contributed by atoms with Gasteiger partial charge in [-0.25, -0.2) is 0 Å². The van der Waals surface area contributed by atoms with E-state index in [4.69, 9.17) is 11.6 Å². The molecule has 1 aliphatic heterocycles. The van der Waals surface area contributed by atoms with Crippen molar-refractivity contribution in [3.05, 3.63) is 35.5 Å². The zero-order chi connectivity index (χ0) is 14.8.